The highest BCUT2D eigenvalue weighted by molar-refractivity contribution is 6.32. The number of halogens is 1. The monoisotopic (exact) mass is 353 g/mol. The van der Waals surface area contributed by atoms with Crippen LogP contribution < -0.4 is 10.1 Å². The van der Waals surface area contributed by atoms with Crippen LogP contribution in [0.2, 0.25) is 5.02 Å². The summed E-state index contributed by atoms with van der Waals surface area (Å²) in [5.41, 5.74) is 2.64. The molecule has 0 aromatic heterocycles. The summed E-state index contributed by atoms with van der Waals surface area (Å²) in [6.07, 6.45) is -0.626. The number of hydrogen-bond acceptors (Lipinski definition) is 2. The van der Waals surface area contributed by atoms with Crippen molar-refractivity contribution < 1.29 is 9.53 Å². The third-order valence-electron chi connectivity index (χ3n) is 4.14. The zero-order valence-corrected chi connectivity index (χ0v) is 15.2. The van der Waals surface area contributed by atoms with Crippen LogP contribution in [0.4, 0.5) is 5.69 Å². The first-order chi connectivity index (χ1) is 12.0. The number of rotatable bonds is 4. The number of benzene rings is 3. The highest BCUT2D eigenvalue weighted by atomic mass is 35.5. The Bertz CT molecular complexity index is 908. The van der Waals surface area contributed by atoms with Crippen LogP contribution in [0.15, 0.2) is 54.6 Å². The van der Waals surface area contributed by atoms with Crippen LogP contribution in [0.3, 0.4) is 0 Å². The van der Waals surface area contributed by atoms with Crippen LogP contribution in [0.25, 0.3) is 10.8 Å². The smallest absolute Gasteiger partial charge is 0.265 e. The topological polar surface area (TPSA) is 38.3 Å². The highest BCUT2D eigenvalue weighted by Gasteiger charge is 2.16. The van der Waals surface area contributed by atoms with Crippen molar-refractivity contribution in [1.29, 1.82) is 0 Å². The minimum Gasteiger partial charge on any atom is -0.481 e. The zero-order valence-electron chi connectivity index (χ0n) is 14.5. The molecule has 0 aliphatic rings. The van der Waals surface area contributed by atoms with Gasteiger partial charge < -0.3 is 10.1 Å². The van der Waals surface area contributed by atoms with Crippen LogP contribution in [0.1, 0.15) is 18.1 Å². The molecule has 0 saturated heterocycles. The molecule has 0 fully saturated rings. The number of carbonyl (C=O) groups excluding carboxylic acids is 1. The maximum atomic E-state index is 12.5. The van der Waals surface area contributed by atoms with E-state index in [-0.39, 0.29) is 5.91 Å². The van der Waals surface area contributed by atoms with Gasteiger partial charge in [-0.2, -0.15) is 0 Å². The lowest BCUT2D eigenvalue weighted by molar-refractivity contribution is -0.122. The number of hydrogen-bond donors (Lipinski definition) is 1. The number of aryl methyl sites for hydroxylation is 2. The first-order valence-corrected chi connectivity index (χ1v) is 8.55. The van der Waals surface area contributed by atoms with Crippen LogP contribution in [-0.4, -0.2) is 12.0 Å². The number of carbonyl (C=O) groups is 1. The first-order valence-electron chi connectivity index (χ1n) is 8.18. The van der Waals surface area contributed by atoms with E-state index in [1.54, 1.807) is 6.92 Å². The normalized spacial score (nSPS) is 12.0. The van der Waals surface area contributed by atoms with Crippen molar-refractivity contribution in [3.8, 4) is 5.75 Å². The van der Waals surface area contributed by atoms with E-state index in [1.807, 2.05) is 68.4 Å². The van der Waals surface area contributed by atoms with E-state index >= 15 is 0 Å². The number of fused-ring (bicyclic) bond motifs is 1. The molecule has 0 radical (unpaired) electrons. The molecule has 25 heavy (non-hydrogen) atoms. The van der Waals surface area contributed by atoms with Crippen molar-refractivity contribution in [2.45, 2.75) is 26.9 Å². The second kappa shape index (κ2) is 7.16. The molecule has 3 rings (SSSR count). The molecule has 0 unspecified atom stereocenters. The molecule has 3 nitrogen and oxygen atoms in total. The van der Waals surface area contributed by atoms with Gasteiger partial charge in [-0.05, 0) is 55.5 Å². The molecule has 3 aromatic rings. The Hall–Kier alpha value is -2.52. The minimum absolute atomic E-state index is 0.193. The molecule has 0 spiro atoms. The molecule has 128 valence electrons. The van der Waals surface area contributed by atoms with E-state index in [2.05, 4.69) is 5.32 Å². The van der Waals surface area contributed by atoms with Gasteiger partial charge in [0.2, 0.25) is 0 Å². The molecule has 0 saturated carbocycles. The molecule has 0 aliphatic heterocycles. The van der Waals surface area contributed by atoms with Crippen molar-refractivity contribution in [3.05, 3.63) is 70.7 Å². The number of nitrogens with one attached hydrogen (secondary N) is 1. The van der Waals surface area contributed by atoms with Gasteiger partial charge in [0.1, 0.15) is 5.75 Å². The average molecular weight is 354 g/mol. The Morgan fingerprint density at radius 2 is 1.68 bits per heavy atom. The highest BCUT2D eigenvalue weighted by Crippen LogP contribution is 2.27. The number of anilines is 1. The third kappa shape index (κ3) is 3.77. The fourth-order valence-corrected chi connectivity index (χ4v) is 2.91. The lowest BCUT2D eigenvalue weighted by atomic mass is 10.1. The van der Waals surface area contributed by atoms with Gasteiger partial charge in [0.15, 0.2) is 6.10 Å². The zero-order chi connectivity index (χ0) is 18.0. The second-order valence-electron chi connectivity index (χ2n) is 6.15. The third-order valence-corrected chi connectivity index (χ3v) is 4.74. The van der Waals surface area contributed by atoms with E-state index in [4.69, 9.17) is 16.3 Å². The second-order valence-corrected chi connectivity index (χ2v) is 6.53. The quantitative estimate of drug-likeness (QED) is 0.671. The van der Waals surface area contributed by atoms with Gasteiger partial charge in [0, 0.05) is 16.1 Å². The Morgan fingerprint density at radius 1 is 1.04 bits per heavy atom. The van der Waals surface area contributed by atoms with Gasteiger partial charge in [0.05, 0.1) is 0 Å². The SMILES string of the molecule is Cc1cc(O[C@@H](C)C(=O)Nc2cccc3ccccc23)cc(C)c1Cl. The van der Waals surface area contributed by atoms with Crippen LogP contribution >= 0.6 is 11.6 Å². The van der Waals surface area contributed by atoms with Gasteiger partial charge >= 0.3 is 0 Å². The molecule has 1 amide bonds. The lowest BCUT2D eigenvalue weighted by Gasteiger charge is -2.17. The van der Waals surface area contributed by atoms with Gasteiger partial charge in [-0.3, -0.25) is 4.79 Å². The van der Waals surface area contributed by atoms with E-state index in [1.165, 1.54) is 0 Å². The largest absolute Gasteiger partial charge is 0.481 e. The fraction of sp³-hybridized carbons (Fsp3) is 0.190. The first kappa shape index (κ1) is 17.3. The van der Waals surface area contributed by atoms with E-state index < -0.39 is 6.10 Å². The molecule has 3 aromatic carbocycles. The summed E-state index contributed by atoms with van der Waals surface area (Å²) in [5.74, 6) is 0.446. The minimum atomic E-state index is -0.626. The Morgan fingerprint density at radius 3 is 2.40 bits per heavy atom. The van der Waals surface area contributed by atoms with Crippen LogP contribution in [-0.2, 0) is 4.79 Å². The average Bonchev–Trinajstić information content (AvgIpc) is 2.60. The van der Waals surface area contributed by atoms with Crippen molar-refractivity contribution in [1.82, 2.24) is 0 Å². The van der Waals surface area contributed by atoms with E-state index in [0.717, 1.165) is 32.6 Å². The van der Waals surface area contributed by atoms with Crippen molar-refractivity contribution in [2.75, 3.05) is 5.32 Å². The summed E-state index contributed by atoms with van der Waals surface area (Å²) >= 11 is 6.18. The lowest BCUT2D eigenvalue weighted by Crippen LogP contribution is -2.30. The van der Waals surface area contributed by atoms with Gasteiger partial charge in [-0.15, -0.1) is 0 Å². The van der Waals surface area contributed by atoms with Crippen molar-refractivity contribution in [3.63, 3.8) is 0 Å². The van der Waals surface area contributed by atoms with Crippen LogP contribution in [0, 0.1) is 13.8 Å². The summed E-state index contributed by atoms with van der Waals surface area (Å²) in [7, 11) is 0. The van der Waals surface area contributed by atoms with Crippen LogP contribution in [0.5, 0.6) is 5.75 Å². The maximum Gasteiger partial charge on any atom is 0.265 e. The van der Waals surface area contributed by atoms with E-state index in [9.17, 15) is 4.79 Å². The van der Waals surface area contributed by atoms with Gasteiger partial charge in [0.25, 0.3) is 5.91 Å². The molecule has 0 aliphatic carbocycles. The molecular formula is C21H20ClNO2. The molecule has 1 N–H and O–H groups in total. The van der Waals surface area contributed by atoms with E-state index in [0.29, 0.717) is 5.75 Å². The molecular weight excluding hydrogens is 334 g/mol. The summed E-state index contributed by atoms with van der Waals surface area (Å²) in [6.45, 7) is 5.58. The molecule has 4 heteroatoms. The standard InChI is InChI=1S/C21H20ClNO2/c1-13-11-17(12-14(2)20(13)22)25-15(3)21(24)23-19-10-6-8-16-7-4-5-9-18(16)19/h4-12,15H,1-3H3,(H,23,24)/t15-/m0/s1. The Kier molecular flexibility index (Phi) is 4.95. The maximum absolute atomic E-state index is 12.5. The molecule has 0 bridgehead atoms. The van der Waals surface area contributed by atoms with Crippen molar-refractivity contribution in [2.24, 2.45) is 0 Å². The van der Waals surface area contributed by atoms with Gasteiger partial charge in [-0.25, -0.2) is 0 Å². The number of amides is 1. The predicted octanol–water partition coefficient (Wildman–Crippen LogP) is 5.52. The molecule has 0 heterocycles. The Labute approximate surface area is 152 Å². The van der Waals surface area contributed by atoms with Crippen molar-refractivity contribution >= 4 is 34.0 Å². The summed E-state index contributed by atoms with van der Waals surface area (Å²) in [5, 5.41) is 5.76. The Balaban J connectivity index is 1.77. The molecule has 1 atom stereocenters. The van der Waals surface area contributed by atoms with Gasteiger partial charge in [-0.1, -0.05) is 48.0 Å². The summed E-state index contributed by atoms with van der Waals surface area (Å²) in [4.78, 5) is 12.5. The summed E-state index contributed by atoms with van der Waals surface area (Å²) < 4.78 is 5.81. The predicted molar refractivity (Wildman–Crippen MR) is 104 cm³/mol. The summed E-state index contributed by atoms with van der Waals surface area (Å²) in [6, 6.07) is 17.5. The number of ether oxygens (including phenoxy) is 1. The fourth-order valence-electron chi connectivity index (χ4n) is 2.80.